The lowest BCUT2D eigenvalue weighted by Crippen LogP contribution is -2.37. The van der Waals surface area contributed by atoms with Crippen LogP contribution in [-0.4, -0.2) is 50.5 Å². The van der Waals surface area contributed by atoms with Gasteiger partial charge in [0.1, 0.15) is 5.82 Å². The third-order valence-electron chi connectivity index (χ3n) is 4.96. The second-order valence-corrected chi connectivity index (χ2v) is 6.77. The Labute approximate surface area is 171 Å². The van der Waals surface area contributed by atoms with Crippen LogP contribution >= 0.6 is 0 Å². The fourth-order valence-electron chi connectivity index (χ4n) is 3.39. The zero-order chi connectivity index (χ0) is 21.3. The maximum absolute atomic E-state index is 12.9. The summed E-state index contributed by atoms with van der Waals surface area (Å²) in [5.74, 6) is 2.07. The Hall–Kier alpha value is -3.07. The van der Waals surface area contributed by atoms with Gasteiger partial charge in [0.2, 0.25) is 0 Å². The number of halogens is 3. The van der Waals surface area contributed by atoms with E-state index in [9.17, 15) is 13.2 Å². The topological polar surface area (TPSA) is 56.7 Å². The molecule has 0 unspecified atom stereocenters. The van der Waals surface area contributed by atoms with Crippen LogP contribution in [0.2, 0.25) is 0 Å². The number of aromatic nitrogens is 2. The van der Waals surface area contributed by atoms with Gasteiger partial charge >= 0.3 is 6.18 Å². The number of hydrogen-bond acceptors (Lipinski definition) is 6. The summed E-state index contributed by atoms with van der Waals surface area (Å²) in [6.45, 7) is 2.42. The Kier molecular flexibility index (Phi) is 5.38. The predicted molar refractivity (Wildman–Crippen MR) is 106 cm³/mol. The molecule has 2 heterocycles. The molecule has 30 heavy (non-hydrogen) atoms. The van der Waals surface area contributed by atoms with Crippen molar-refractivity contribution in [1.29, 1.82) is 0 Å². The van der Waals surface area contributed by atoms with E-state index < -0.39 is 11.7 Å². The summed E-state index contributed by atoms with van der Waals surface area (Å²) >= 11 is 0. The van der Waals surface area contributed by atoms with Gasteiger partial charge in [0.15, 0.2) is 17.3 Å². The van der Waals surface area contributed by atoms with Crippen LogP contribution < -0.4 is 14.4 Å². The normalized spacial score (nSPS) is 14.8. The molecular formula is C21H20F3N3O3. The molecule has 0 atom stereocenters. The molecule has 1 aromatic heterocycles. The molecule has 158 valence electrons. The molecule has 0 bridgehead atoms. The van der Waals surface area contributed by atoms with Crippen LogP contribution in [0.1, 0.15) is 5.56 Å². The van der Waals surface area contributed by atoms with E-state index in [1.165, 1.54) is 19.2 Å². The zero-order valence-electron chi connectivity index (χ0n) is 16.5. The standard InChI is InChI=1S/C21H20F3N3O3/c1-28-17-11-15-16(12-18(17)29-2)25-19(26-20(15)27-7-9-30-10-8-27)13-3-5-14(6-4-13)21(22,23)24/h3-6,11-12H,7-10H2,1-2H3. The maximum atomic E-state index is 12.9. The third kappa shape index (κ3) is 3.85. The van der Waals surface area contributed by atoms with Crippen molar-refractivity contribution >= 4 is 16.7 Å². The van der Waals surface area contributed by atoms with Gasteiger partial charge in [-0.1, -0.05) is 12.1 Å². The predicted octanol–water partition coefficient (Wildman–Crippen LogP) is 4.17. The molecule has 0 amide bonds. The molecule has 2 aromatic carbocycles. The second-order valence-electron chi connectivity index (χ2n) is 6.77. The average Bonchev–Trinajstić information content (AvgIpc) is 2.77. The number of methoxy groups -OCH3 is 2. The largest absolute Gasteiger partial charge is 0.493 e. The van der Waals surface area contributed by atoms with Crippen molar-refractivity contribution in [3.05, 3.63) is 42.0 Å². The zero-order valence-corrected chi connectivity index (χ0v) is 16.5. The Morgan fingerprint density at radius 1 is 0.933 bits per heavy atom. The number of nitrogens with zero attached hydrogens (tertiary/aromatic N) is 3. The molecule has 0 N–H and O–H groups in total. The van der Waals surface area contributed by atoms with E-state index in [0.29, 0.717) is 60.5 Å². The Morgan fingerprint density at radius 2 is 1.57 bits per heavy atom. The van der Waals surface area contributed by atoms with Gasteiger partial charge in [0.25, 0.3) is 0 Å². The van der Waals surface area contributed by atoms with Crippen molar-refractivity contribution < 1.29 is 27.4 Å². The SMILES string of the molecule is COc1cc2nc(-c3ccc(C(F)(F)F)cc3)nc(N3CCOCC3)c2cc1OC. The first-order chi connectivity index (χ1) is 14.4. The maximum Gasteiger partial charge on any atom is 0.416 e. The smallest absolute Gasteiger partial charge is 0.416 e. The number of benzene rings is 2. The summed E-state index contributed by atoms with van der Waals surface area (Å²) in [5.41, 5.74) is 0.389. The lowest BCUT2D eigenvalue weighted by molar-refractivity contribution is -0.137. The van der Waals surface area contributed by atoms with Crippen LogP contribution in [0.3, 0.4) is 0 Å². The van der Waals surface area contributed by atoms with Crippen LogP contribution in [0.4, 0.5) is 19.0 Å². The minimum atomic E-state index is -4.40. The Balaban J connectivity index is 1.87. The quantitative estimate of drug-likeness (QED) is 0.633. The van der Waals surface area contributed by atoms with Gasteiger partial charge in [0.05, 0.1) is 38.5 Å². The average molecular weight is 419 g/mol. The summed E-state index contributed by atoms with van der Waals surface area (Å²) in [5, 5.41) is 0.769. The first-order valence-corrected chi connectivity index (χ1v) is 9.35. The van der Waals surface area contributed by atoms with Gasteiger partial charge < -0.3 is 19.1 Å². The van der Waals surface area contributed by atoms with E-state index in [0.717, 1.165) is 17.5 Å². The molecule has 0 radical (unpaired) electrons. The van der Waals surface area contributed by atoms with Crippen LogP contribution in [0.5, 0.6) is 11.5 Å². The van der Waals surface area contributed by atoms with Gasteiger partial charge in [-0.05, 0) is 18.2 Å². The number of fused-ring (bicyclic) bond motifs is 1. The Bertz CT molecular complexity index is 1050. The molecule has 0 aliphatic carbocycles. The van der Waals surface area contributed by atoms with Gasteiger partial charge in [0, 0.05) is 30.1 Å². The molecular weight excluding hydrogens is 399 g/mol. The monoisotopic (exact) mass is 419 g/mol. The second kappa shape index (κ2) is 7.98. The van der Waals surface area contributed by atoms with Gasteiger partial charge in [-0.15, -0.1) is 0 Å². The van der Waals surface area contributed by atoms with Crippen LogP contribution in [-0.2, 0) is 10.9 Å². The first kappa shape index (κ1) is 20.2. The lowest BCUT2D eigenvalue weighted by Gasteiger charge is -2.29. The molecule has 1 saturated heterocycles. The summed E-state index contributed by atoms with van der Waals surface area (Å²) in [6.07, 6.45) is -4.40. The minimum absolute atomic E-state index is 0.338. The minimum Gasteiger partial charge on any atom is -0.493 e. The van der Waals surface area contributed by atoms with Crippen molar-refractivity contribution in [2.75, 3.05) is 45.4 Å². The van der Waals surface area contributed by atoms with Crippen LogP contribution in [0.25, 0.3) is 22.3 Å². The van der Waals surface area contributed by atoms with E-state index in [-0.39, 0.29) is 0 Å². The lowest BCUT2D eigenvalue weighted by atomic mass is 10.1. The first-order valence-electron chi connectivity index (χ1n) is 9.35. The summed E-state index contributed by atoms with van der Waals surface area (Å²) in [7, 11) is 3.08. The summed E-state index contributed by atoms with van der Waals surface area (Å²) < 4.78 is 55.0. The van der Waals surface area contributed by atoms with Crippen molar-refractivity contribution in [1.82, 2.24) is 9.97 Å². The van der Waals surface area contributed by atoms with Gasteiger partial charge in [-0.3, -0.25) is 0 Å². The van der Waals surface area contributed by atoms with Crippen LogP contribution in [0, 0.1) is 0 Å². The van der Waals surface area contributed by atoms with Crippen molar-refractivity contribution in [2.24, 2.45) is 0 Å². The highest BCUT2D eigenvalue weighted by Crippen LogP contribution is 2.37. The number of rotatable bonds is 4. The van der Waals surface area contributed by atoms with Crippen molar-refractivity contribution in [2.45, 2.75) is 6.18 Å². The molecule has 1 aliphatic rings. The Morgan fingerprint density at radius 3 is 2.17 bits per heavy atom. The van der Waals surface area contributed by atoms with Crippen molar-refractivity contribution in [3.8, 4) is 22.9 Å². The van der Waals surface area contributed by atoms with E-state index in [4.69, 9.17) is 19.2 Å². The summed E-state index contributed by atoms with van der Waals surface area (Å²) in [6, 6.07) is 8.39. The molecule has 4 rings (SSSR count). The molecule has 0 spiro atoms. The number of anilines is 1. The van der Waals surface area contributed by atoms with E-state index in [2.05, 4.69) is 9.88 Å². The molecule has 1 aliphatic heterocycles. The fourth-order valence-corrected chi connectivity index (χ4v) is 3.39. The number of ether oxygens (including phenoxy) is 3. The van der Waals surface area contributed by atoms with Gasteiger partial charge in [-0.25, -0.2) is 9.97 Å². The highest BCUT2D eigenvalue weighted by molar-refractivity contribution is 5.93. The van der Waals surface area contributed by atoms with E-state index in [1.807, 2.05) is 6.07 Å². The third-order valence-corrected chi connectivity index (χ3v) is 4.96. The fraction of sp³-hybridized carbons (Fsp3) is 0.333. The van der Waals surface area contributed by atoms with E-state index in [1.54, 1.807) is 13.2 Å². The van der Waals surface area contributed by atoms with E-state index >= 15 is 0 Å². The summed E-state index contributed by atoms with van der Waals surface area (Å²) in [4.78, 5) is 11.4. The van der Waals surface area contributed by atoms with Gasteiger partial charge in [-0.2, -0.15) is 13.2 Å². The highest BCUT2D eigenvalue weighted by atomic mass is 19.4. The number of alkyl halides is 3. The molecule has 3 aromatic rings. The number of morpholine rings is 1. The van der Waals surface area contributed by atoms with Crippen LogP contribution in [0.15, 0.2) is 36.4 Å². The molecule has 0 saturated carbocycles. The molecule has 1 fully saturated rings. The molecule has 9 heteroatoms. The highest BCUT2D eigenvalue weighted by Gasteiger charge is 2.30. The number of hydrogen-bond donors (Lipinski definition) is 0. The van der Waals surface area contributed by atoms with Crippen molar-refractivity contribution in [3.63, 3.8) is 0 Å². The molecule has 6 nitrogen and oxygen atoms in total.